The Labute approximate surface area is 180 Å². The van der Waals surface area contributed by atoms with Crippen molar-refractivity contribution in [2.45, 2.75) is 39.9 Å². The monoisotopic (exact) mass is 427 g/mol. The van der Waals surface area contributed by atoms with E-state index in [1.807, 2.05) is 55.6 Å². The van der Waals surface area contributed by atoms with Gasteiger partial charge >= 0.3 is 5.97 Å². The lowest BCUT2D eigenvalue weighted by atomic mass is 10.1. The fourth-order valence-corrected chi connectivity index (χ4v) is 3.66. The maximum atomic E-state index is 11.4. The fourth-order valence-electron chi connectivity index (χ4n) is 2.96. The van der Waals surface area contributed by atoms with Crippen molar-refractivity contribution in [3.05, 3.63) is 57.9 Å². The number of rotatable bonds is 8. The second-order valence-electron chi connectivity index (χ2n) is 7.42. The Morgan fingerprint density at radius 3 is 2.47 bits per heavy atom. The van der Waals surface area contributed by atoms with Crippen LogP contribution in [0.3, 0.4) is 0 Å². The molecule has 0 unspecified atom stereocenters. The van der Waals surface area contributed by atoms with Gasteiger partial charge in [0.2, 0.25) is 0 Å². The van der Waals surface area contributed by atoms with E-state index in [9.17, 15) is 9.90 Å². The van der Waals surface area contributed by atoms with Crippen LogP contribution in [-0.4, -0.2) is 28.8 Å². The second-order valence-corrected chi connectivity index (χ2v) is 8.36. The summed E-state index contributed by atoms with van der Waals surface area (Å²) in [7, 11) is 1.64. The molecule has 0 atom stereocenters. The molecule has 0 spiro atoms. The summed E-state index contributed by atoms with van der Waals surface area (Å²) in [5, 5.41) is 12.1. The van der Waals surface area contributed by atoms with Crippen LogP contribution in [0.15, 0.2) is 41.8 Å². The van der Waals surface area contributed by atoms with Crippen molar-refractivity contribution in [2.24, 2.45) is 0 Å². The summed E-state index contributed by atoms with van der Waals surface area (Å²) in [6.45, 7) is 7.13. The highest BCUT2D eigenvalue weighted by molar-refractivity contribution is 7.09. The Kier molecular flexibility index (Phi) is 6.31. The Morgan fingerprint density at radius 1 is 1.17 bits per heavy atom. The number of methoxy groups -OCH3 is 1. The smallest absolute Gasteiger partial charge is 0.347 e. The summed E-state index contributed by atoms with van der Waals surface area (Å²) in [5.74, 6) is 1.000. The van der Waals surface area contributed by atoms with Crippen molar-refractivity contribution >= 4 is 17.3 Å². The van der Waals surface area contributed by atoms with Gasteiger partial charge in [-0.2, -0.15) is 0 Å². The van der Waals surface area contributed by atoms with Crippen LogP contribution in [0, 0.1) is 13.8 Å². The van der Waals surface area contributed by atoms with Crippen LogP contribution in [-0.2, 0) is 11.4 Å². The molecular weight excluding hydrogens is 402 g/mol. The van der Waals surface area contributed by atoms with Crippen molar-refractivity contribution < 1.29 is 24.1 Å². The third-order valence-electron chi connectivity index (χ3n) is 4.60. The average Bonchev–Trinajstić information content (AvgIpc) is 3.18. The van der Waals surface area contributed by atoms with E-state index in [1.165, 1.54) is 25.2 Å². The molecule has 6 nitrogen and oxygen atoms in total. The van der Waals surface area contributed by atoms with Gasteiger partial charge in [-0.05, 0) is 63.1 Å². The maximum absolute atomic E-state index is 11.4. The first kappa shape index (κ1) is 21.6. The molecule has 0 radical (unpaired) electrons. The van der Waals surface area contributed by atoms with Crippen molar-refractivity contribution in [3.63, 3.8) is 0 Å². The number of carbonyl (C=O) groups is 1. The van der Waals surface area contributed by atoms with Gasteiger partial charge in [0.25, 0.3) is 0 Å². The van der Waals surface area contributed by atoms with E-state index in [4.69, 9.17) is 14.2 Å². The molecule has 0 aliphatic heterocycles. The molecule has 3 rings (SSSR count). The van der Waals surface area contributed by atoms with Gasteiger partial charge in [0.15, 0.2) is 5.60 Å². The first-order valence-electron chi connectivity index (χ1n) is 9.45. The Morgan fingerprint density at radius 2 is 1.83 bits per heavy atom. The van der Waals surface area contributed by atoms with E-state index in [2.05, 4.69) is 4.98 Å². The minimum absolute atomic E-state index is 0.333. The van der Waals surface area contributed by atoms with Crippen molar-refractivity contribution in [2.75, 3.05) is 7.11 Å². The molecule has 1 aromatic heterocycles. The Balaban J connectivity index is 1.73. The fraction of sp³-hybridized carbons (Fsp3) is 0.304. The summed E-state index contributed by atoms with van der Waals surface area (Å²) >= 11 is 1.52. The highest BCUT2D eigenvalue weighted by Crippen LogP contribution is 2.33. The third kappa shape index (κ3) is 4.74. The maximum Gasteiger partial charge on any atom is 0.347 e. The van der Waals surface area contributed by atoms with Crippen LogP contribution >= 0.6 is 11.3 Å². The van der Waals surface area contributed by atoms with Crippen molar-refractivity contribution in [1.29, 1.82) is 0 Å². The topological polar surface area (TPSA) is 77.9 Å². The molecule has 2 aromatic carbocycles. The molecule has 0 bridgehead atoms. The molecule has 158 valence electrons. The van der Waals surface area contributed by atoms with Crippen molar-refractivity contribution in [3.8, 4) is 28.5 Å². The Bertz CT molecular complexity index is 1030. The highest BCUT2D eigenvalue weighted by Gasteiger charge is 2.30. The molecule has 0 saturated carbocycles. The van der Waals surface area contributed by atoms with Crippen LogP contribution in [0.5, 0.6) is 17.2 Å². The summed E-state index contributed by atoms with van der Waals surface area (Å²) in [4.78, 5) is 16.0. The standard InChI is InChI=1S/C23H25NO5S/c1-14-10-16(11-15(2)21(14)29-23(3,4)22(25)26)28-12-20-24-18(13-30-20)17-8-6-7-9-19(17)27-5/h6-11,13H,12H2,1-5H3,(H,25,26). The first-order valence-corrected chi connectivity index (χ1v) is 10.3. The number of hydrogen-bond donors (Lipinski definition) is 1. The van der Waals surface area contributed by atoms with Crippen molar-refractivity contribution in [1.82, 2.24) is 4.98 Å². The largest absolute Gasteiger partial charge is 0.496 e. The number of carboxylic acids is 1. The predicted octanol–water partition coefficient (Wildman–Crippen LogP) is 5.26. The zero-order chi connectivity index (χ0) is 21.9. The normalized spacial score (nSPS) is 11.2. The summed E-state index contributed by atoms with van der Waals surface area (Å²) in [5.41, 5.74) is 2.11. The molecule has 3 aromatic rings. The molecule has 7 heteroatoms. The highest BCUT2D eigenvalue weighted by atomic mass is 32.1. The van der Waals surface area contributed by atoms with Crippen LogP contribution in [0.25, 0.3) is 11.3 Å². The molecular formula is C23H25NO5S. The van der Waals surface area contributed by atoms with Gasteiger partial charge in [0.1, 0.15) is 28.9 Å². The predicted molar refractivity (Wildman–Crippen MR) is 117 cm³/mol. The minimum atomic E-state index is -1.31. The van der Waals surface area contributed by atoms with Gasteiger partial charge in [0, 0.05) is 10.9 Å². The molecule has 30 heavy (non-hydrogen) atoms. The van der Waals surface area contributed by atoms with Gasteiger partial charge in [-0.1, -0.05) is 12.1 Å². The van der Waals surface area contributed by atoms with Gasteiger partial charge < -0.3 is 19.3 Å². The SMILES string of the molecule is COc1ccccc1-c1csc(COc2cc(C)c(OC(C)(C)C(=O)O)c(C)c2)n1. The summed E-state index contributed by atoms with van der Waals surface area (Å²) < 4.78 is 17.1. The lowest BCUT2D eigenvalue weighted by molar-refractivity contribution is -0.152. The lowest BCUT2D eigenvalue weighted by Crippen LogP contribution is -2.38. The number of aromatic nitrogens is 1. The molecule has 1 heterocycles. The van der Waals surface area contributed by atoms with Gasteiger partial charge in [-0.25, -0.2) is 9.78 Å². The van der Waals surface area contributed by atoms with Crippen LogP contribution in [0.2, 0.25) is 0 Å². The van der Waals surface area contributed by atoms with Crippen LogP contribution in [0.4, 0.5) is 0 Å². The number of carboxylic acid groups (broad SMARTS) is 1. The number of benzene rings is 2. The van der Waals surface area contributed by atoms with E-state index >= 15 is 0 Å². The van der Waals surface area contributed by atoms with E-state index in [0.717, 1.165) is 33.1 Å². The zero-order valence-electron chi connectivity index (χ0n) is 17.7. The number of nitrogens with zero attached hydrogens (tertiary/aromatic N) is 1. The molecule has 1 N–H and O–H groups in total. The van der Waals surface area contributed by atoms with E-state index in [1.54, 1.807) is 7.11 Å². The third-order valence-corrected chi connectivity index (χ3v) is 5.43. The average molecular weight is 428 g/mol. The summed E-state index contributed by atoms with van der Waals surface area (Å²) in [6, 6.07) is 11.4. The van der Waals surface area contributed by atoms with Crippen LogP contribution < -0.4 is 14.2 Å². The van der Waals surface area contributed by atoms with E-state index < -0.39 is 11.6 Å². The zero-order valence-corrected chi connectivity index (χ0v) is 18.5. The number of ether oxygens (including phenoxy) is 3. The van der Waals surface area contributed by atoms with E-state index in [0.29, 0.717) is 18.1 Å². The van der Waals surface area contributed by atoms with Gasteiger partial charge in [0.05, 0.1) is 12.8 Å². The quantitative estimate of drug-likeness (QED) is 0.529. The first-order chi connectivity index (χ1) is 14.2. The molecule has 0 aliphatic carbocycles. The second kappa shape index (κ2) is 8.75. The number of aryl methyl sites for hydroxylation is 2. The molecule has 0 amide bonds. The van der Waals surface area contributed by atoms with E-state index in [-0.39, 0.29) is 0 Å². The summed E-state index contributed by atoms with van der Waals surface area (Å²) in [6.07, 6.45) is 0. The lowest BCUT2D eigenvalue weighted by Gasteiger charge is -2.24. The molecule has 0 fully saturated rings. The number of thiazole rings is 1. The Hall–Kier alpha value is -3.06. The molecule has 0 saturated heterocycles. The minimum Gasteiger partial charge on any atom is -0.496 e. The number of para-hydroxylation sites is 1. The van der Waals surface area contributed by atoms with Gasteiger partial charge in [-0.3, -0.25) is 0 Å². The van der Waals surface area contributed by atoms with Gasteiger partial charge in [-0.15, -0.1) is 11.3 Å². The van der Waals surface area contributed by atoms with Crippen LogP contribution in [0.1, 0.15) is 30.0 Å². The number of hydrogen-bond acceptors (Lipinski definition) is 6. The number of aliphatic carboxylic acids is 1. The molecule has 0 aliphatic rings.